The number of piperidine rings is 1. The lowest BCUT2D eigenvalue weighted by Crippen LogP contribution is -2.43. The zero-order valence-electron chi connectivity index (χ0n) is 16.5. The van der Waals surface area contributed by atoms with E-state index >= 15 is 0 Å². The van der Waals surface area contributed by atoms with Crippen molar-refractivity contribution in [2.24, 2.45) is 5.73 Å². The maximum Gasteiger partial charge on any atom is 0.247 e. The average molecular weight is 392 g/mol. The minimum Gasteiger partial charge on any atom is -0.352 e. The van der Waals surface area contributed by atoms with Crippen molar-refractivity contribution in [1.29, 1.82) is 0 Å². The molecule has 0 saturated carbocycles. The van der Waals surface area contributed by atoms with Crippen molar-refractivity contribution in [3.05, 3.63) is 36.2 Å². The van der Waals surface area contributed by atoms with Crippen LogP contribution in [0.4, 0.5) is 23.1 Å². The van der Waals surface area contributed by atoms with Gasteiger partial charge in [-0.3, -0.25) is 4.79 Å². The molecule has 1 unspecified atom stereocenters. The molecule has 2 aliphatic heterocycles. The Hall–Kier alpha value is -3.20. The Kier molecular flexibility index (Phi) is 3.95. The molecule has 9 nitrogen and oxygen atoms in total. The summed E-state index contributed by atoms with van der Waals surface area (Å²) in [5, 5.41) is 10.7. The van der Waals surface area contributed by atoms with Crippen LogP contribution < -0.4 is 21.3 Å². The number of nitrogens with one attached hydrogen (secondary N) is 2. The zero-order valence-corrected chi connectivity index (χ0v) is 16.5. The van der Waals surface area contributed by atoms with Gasteiger partial charge in [0.2, 0.25) is 11.9 Å². The number of fused-ring (bicyclic) bond motifs is 2. The normalized spacial score (nSPS) is 20.6. The fourth-order valence-corrected chi connectivity index (χ4v) is 4.08. The van der Waals surface area contributed by atoms with E-state index in [9.17, 15) is 4.79 Å². The summed E-state index contributed by atoms with van der Waals surface area (Å²) in [7, 11) is 0. The van der Waals surface area contributed by atoms with Crippen LogP contribution in [-0.4, -0.2) is 44.6 Å². The monoisotopic (exact) mass is 392 g/mol. The minimum absolute atomic E-state index is 0.00552. The molecule has 29 heavy (non-hydrogen) atoms. The van der Waals surface area contributed by atoms with Crippen LogP contribution in [0.5, 0.6) is 0 Å². The van der Waals surface area contributed by atoms with Crippen molar-refractivity contribution in [3.63, 3.8) is 0 Å². The van der Waals surface area contributed by atoms with E-state index in [4.69, 9.17) is 5.73 Å². The molecule has 1 saturated heterocycles. The summed E-state index contributed by atoms with van der Waals surface area (Å²) in [5.74, 6) is 1.28. The SMILES string of the molecule is CC1(C)C(=O)Nc2cc(Nc3nc4c(N5CCCC(N)C5)nccn4n3)ccc21. The molecule has 1 fully saturated rings. The minimum atomic E-state index is -0.523. The van der Waals surface area contributed by atoms with Crippen LogP contribution in [0.1, 0.15) is 32.3 Å². The van der Waals surface area contributed by atoms with Crippen molar-refractivity contribution in [2.75, 3.05) is 28.6 Å². The molecule has 1 amide bonds. The Bertz CT molecular complexity index is 1110. The second-order valence-corrected chi connectivity index (χ2v) is 8.27. The fourth-order valence-electron chi connectivity index (χ4n) is 4.08. The van der Waals surface area contributed by atoms with Gasteiger partial charge in [-0.05, 0) is 44.4 Å². The topological polar surface area (TPSA) is 113 Å². The van der Waals surface area contributed by atoms with Crippen molar-refractivity contribution in [3.8, 4) is 0 Å². The lowest BCUT2D eigenvalue weighted by atomic mass is 9.86. The number of anilines is 4. The first-order chi connectivity index (χ1) is 13.9. The first kappa shape index (κ1) is 17.9. The van der Waals surface area contributed by atoms with Crippen molar-refractivity contribution in [1.82, 2.24) is 19.6 Å². The van der Waals surface area contributed by atoms with Gasteiger partial charge in [0.1, 0.15) is 0 Å². The molecule has 4 heterocycles. The van der Waals surface area contributed by atoms with Gasteiger partial charge in [0.15, 0.2) is 11.5 Å². The number of nitrogens with two attached hydrogens (primary N) is 1. The van der Waals surface area contributed by atoms with Gasteiger partial charge in [-0.15, -0.1) is 5.10 Å². The van der Waals surface area contributed by atoms with Gasteiger partial charge in [0, 0.05) is 42.9 Å². The molecule has 1 atom stereocenters. The number of hydrogen-bond donors (Lipinski definition) is 3. The third kappa shape index (κ3) is 2.98. The quantitative estimate of drug-likeness (QED) is 0.625. The van der Waals surface area contributed by atoms with E-state index in [2.05, 4.69) is 30.6 Å². The van der Waals surface area contributed by atoms with Gasteiger partial charge >= 0.3 is 0 Å². The number of carbonyl (C=O) groups is 1. The van der Waals surface area contributed by atoms with Crippen molar-refractivity contribution in [2.45, 2.75) is 38.1 Å². The number of benzene rings is 1. The molecule has 2 aromatic heterocycles. The summed E-state index contributed by atoms with van der Waals surface area (Å²) in [5.41, 5.74) is 8.92. The van der Waals surface area contributed by atoms with Gasteiger partial charge in [0.05, 0.1) is 5.41 Å². The highest BCUT2D eigenvalue weighted by Crippen LogP contribution is 2.39. The average Bonchev–Trinajstić information content (AvgIpc) is 3.19. The maximum absolute atomic E-state index is 12.2. The Balaban J connectivity index is 1.44. The molecular formula is C20H24N8O. The Morgan fingerprint density at radius 3 is 3.03 bits per heavy atom. The van der Waals surface area contributed by atoms with Gasteiger partial charge in [-0.1, -0.05) is 6.07 Å². The van der Waals surface area contributed by atoms with Crippen LogP contribution in [0.3, 0.4) is 0 Å². The molecule has 1 aromatic carbocycles. The summed E-state index contributed by atoms with van der Waals surface area (Å²) < 4.78 is 1.73. The first-order valence-electron chi connectivity index (χ1n) is 9.87. The van der Waals surface area contributed by atoms with Crippen LogP contribution in [0.15, 0.2) is 30.6 Å². The number of carbonyl (C=O) groups excluding carboxylic acids is 1. The van der Waals surface area contributed by atoms with Gasteiger partial charge < -0.3 is 21.3 Å². The summed E-state index contributed by atoms with van der Waals surface area (Å²) in [6, 6.07) is 5.97. The lowest BCUT2D eigenvalue weighted by Gasteiger charge is -2.31. The molecule has 2 aliphatic rings. The highest BCUT2D eigenvalue weighted by molar-refractivity contribution is 6.06. The van der Waals surface area contributed by atoms with E-state index in [1.54, 1.807) is 16.9 Å². The summed E-state index contributed by atoms with van der Waals surface area (Å²) in [6.45, 7) is 5.52. The summed E-state index contributed by atoms with van der Waals surface area (Å²) >= 11 is 0. The molecule has 3 aromatic rings. The van der Waals surface area contributed by atoms with Crippen LogP contribution in [-0.2, 0) is 10.2 Å². The molecule has 0 spiro atoms. The number of amides is 1. The molecule has 9 heteroatoms. The second-order valence-electron chi connectivity index (χ2n) is 8.27. The largest absolute Gasteiger partial charge is 0.352 e. The van der Waals surface area contributed by atoms with Crippen LogP contribution >= 0.6 is 0 Å². The van der Waals surface area contributed by atoms with E-state index in [0.717, 1.165) is 48.7 Å². The van der Waals surface area contributed by atoms with Crippen molar-refractivity contribution >= 4 is 34.7 Å². The maximum atomic E-state index is 12.2. The molecule has 4 N–H and O–H groups in total. The number of aromatic nitrogens is 4. The third-order valence-electron chi connectivity index (χ3n) is 5.76. The first-order valence-corrected chi connectivity index (χ1v) is 9.87. The van der Waals surface area contributed by atoms with Gasteiger partial charge in [-0.25, -0.2) is 9.50 Å². The number of hydrogen-bond acceptors (Lipinski definition) is 7. The van der Waals surface area contributed by atoms with E-state index in [1.807, 2.05) is 32.0 Å². The van der Waals surface area contributed by atoms with Crippen molar-refractivity contribution < 1.29 is 4.79 Å². The zero-order chi connectivity index (χ0) is 20.2. The lowest BCUT2D eigenvalue weighted by molar-refractivity contribution is -0.119. The van der Waals surface area contributed by atoms with E-state index in [0.29, 0.717) is 11.6 Å². The molecule has 0 aliphatic carbocycles. The summed E-state index contributed by atoms with van der Waals surface area (Å²) in [6.07, 6.45) is 5.59. The van der Waals surface area contributed by atoms with E-state index in [1.165, 1.54) is 0 Å². The van der Waals surface area contributed by atoms with Gasteiger partial charge in [-0.2, -0.15) is 4.98 Å². The van der Waals surface area contributed by atoms with Crippen LogP contribution in [0, 0.1) is 0 Å². The standard InChI is InChI=1S/C20H24N8O/c1-20(2)14-6-5-13(10-15(14)24-18(20)29)23-19-25-17-16(22-7-9-28(17)26-19)27-8-3-4-12(21)11-27/h5-7,9-10,12H,3-4,8,11,21H2,1-2H3,(H,23,26)(H,24,29). The molecule has 5 rings (SSSR count). The predicted molar refractivity (Wildman–Crippen MR) is 112 cm³/mol. The predicted octanol–water partition coefficient (Wildman–Crippen LogP) is 2.03. The second kappa shape index (κ2) is 6.41. The number of rotatable bonds is 3. The van der Waals surface area contributed by atoms with E-state index in [-0.39, 0.29) is 11.9 Å². The fraction of sp³-hybridized carbons (Fsp3) is 0.400. The van der Waals surface area contributed by atoms with E-state index < -0.39 is 5.41 Å². The molecular weight excluding hydrogens is 368 g/mol. The van der Waals surface area contributed by atoms with Gasteiger partial charge in [0.25, 0.3) is 0 Å². The van der Waals surface area contributed by atoms with Crippen LogP contribution in [0.2, 0.25) is 0 Å². The Morgan fingerprint density at radius 1 is 1.34 bits per heavy atom. The Labute approximate surface area is 168 Å². The molecule has 150 valence electrons. The highest BCUT2D eigenvalue weighted by atomic mass is 16.2. The third-order valence-corrected chi connectivity index (χ3v) is 5.76. The number of nitrogens with zero attached hydrogens (tertiary/aromatic N) is 5. The Morgan fingerprint density at radius 2 is 2.21 bits per heavy atom. The molecule has 0 bridgehead atoms. The van der Waals surface area contributed by atoms with Crippen LogP contribution in [0.25, 0.3) is 5.65 Å². The summed E-state index contributed by atoms with van der Waals surface area (Å²) in [4.78, 5) is 23.5. The smallest absolute Gasteiger partial charge is 0.247 e. The highest BCUT2D eigenvalue weighted by Gasteiger charge is 2.38. The molecule has 0 radical (unpaired) electrons.